The largest absolute Gasteiger partial charge is 0.392 e. The van der Waals surface area contributed by atoms with Gasteiger partial charge in [-0.3, -0.25) is 4.79 Å². The molecule has 0 aromatic rings. The zero-order valence-corrected chi connectivity index (χ0v) is 10.9. The lowest BCUT2D eigenvalue weighted by Gasteiger charge is -2.39. The molecule has 92 valence electrons. The molecule has 0 heterocycles. The second-order valence-electron chi connectivity index (χ2n) is 4.71. The number of thiocarbonyl (C=S) groups is 1. The van der Waals surface area contributed by atoms with Crippen molar-refractivity contribution in [1.82, 2.24) is 10.2 Å². The monoisotopic (exact) mass is 243 g/mol. The van der Waals surface area contributed by atoms with Gasteiger partial charge in [-0.1, -0.05) is 18.6 Å². The average molecular weight is 243 g/mol. The summed E-state index contributed by atoms with van der Waals surface area (Å²) < 4.78 is 0. The first-order valence-corrected chi connectivity index (χ1v) is 6.13. The molecule has 0 radical (unpaired) electrons. The van der Waals surface area contributed by atoms with Gasteiger partial charge in [-0.05, 0) is 39.9 Å². The van der Waals surface area contributed by atoms with Crippen LogP contribution in [0.15, 0.2) is 0 Å². The Morgan fingerprint density at radius 1 is 1.50 bits per heavy atom. The first-order chi connectivity index (χ1) is 7.49. The molecule has 3 N–H and O–H groups in total. The van der Waals surface area contributed by atoms with Gasteiger partial charge in [0.05, 0.1) is 10.4 Å². The number of amides is 1. The van der Waals surface area contributed by atoms with Crippen molar-refractivity contribution in [2.75, 3.05) is 27.2 Å². The SMILES string of the molecule is CN(C)CCCNC(=O)C1(C(N)=S)CCC1. The van der Waals surface area contributed by atoms with Crippen LogP contribution in [0.2, 0.25) is 0 Å². The number of hydrogen-bond acceptors (Lipinski definition) is 3. The zero-order chi connectivity index (χ0) is 12.2. The Kier molecular flexibility index (Phi) is 4.68. The van der Waals surface area contributed by atoms with E-state index >= 15 is 0 Å². The highest BCUT2D eigenvalue weighted by Crippen LogP contribution is 2.41. The molecule has 0 spiro atoms. The smallest absolute Gasteiger partial charge is 0.233 e. The maximum atomic E-state index is 11.9. The van der Waals surface area contributed by atoms with E-state index in [4.69, 9.17) is 18.0 Å². The summed E-state index contributed by atoms with van der Waals surface area (Å²) in [7, 11) is 4.04. The number of nitrogens with two attached hydrogens (primary N) is 1. The minimum absolute atomic E-state index is 0.0185. The lowest BCUT2D eigenvalue weighted by Crippen LogP contribution is -2.53. The summed E-state index contributed by atoms with van der Waals surface area (Å²) >= 11 is 4.99. The van der Waals surface area contributed by atoms with Gasteiger partial charge in [0.25, 0.3) is 0 Å². The van der Waals surface area contributed by atoms with Crippen molar-refractivity contribution in [1.29, 1.82) is 0 Å². The highest BCUT2D eigenvalue weighted by Gasteiger charge is 2.46. The normalized spacial score (nSPS) is 17.9. The van der Waals surface area contributed by atoms with Crippen LogP contribution in [0.25, 0.3) is 0 Å². The fourth-order valence-corrected chi connectivity index (χ4v) is 2.18. The van der Waals surface area contributed by atoms with Gasteiger partial charge in [-0.15, -0.1) is 0 Å². The average Bonchev–Trinajstić information content (AvgIpc) is 2.09. The van der Waals surface area contributed by atoms with Crippen LogP contribution in [0.4, 0.5) is 0 Å². The van der Waals surface area contributed by atoms with Crippen molar-refractivity contribution in [3.05, 3.63) is 0 Å². The molecule has 5 heteroatoms. The summed E-state index contributed by atoms with van der Waals surface area (Å²) in [6, 6.07) is 0. The van der Waals surface area contributed by atoms with E-state index in [1.54, 1.807) is 0 Å². The maximum Gasteiger partial charge on any atom is 0.233 e. The summed E-state index contributed by atoms with van der Waals surface area (Å²) in [5, 5.41) is 2.93. The second kappa shape index (κ2) is 5.59. The Bertz CT molecular complexity index is 274. The molecule has 0 atom stereocenters. The number of carbonyl (C=O) groups excluding carboxylic acids is 1. The Morgan fingerprint density at radius 3 is 2.50 bits per heavy atom. The number of carbonyl (C=O) groups is 1. The lowest BCUT2D eigenvalue weighted by atomic mass is 9.68. The number of hydrogen-bond donors (Lipinski definition) is 2. The summed E-state index contributed by atoms with van der Waals surface area (Å²) in [4.78, 5) is 14.4. The van der Waals surface area contributed by atoms with Crippen molar-refractivity contribution in [3.63, 3.8) is 0 Å². The fraction of sp³-hybridized carbons (Fsp3) is 0.818. The van der Waals surface area contributed by atoms with E-state index in [-0.39, 0.29) is 5.91 Å². The van der Waals surface area contributed by atoms with Crippen molar-refractivity contribution in [2.45, 2.75) is 25.7 Å². The van der Waals surface area contributed by atoms with Gasteiger partial charge >= 0.3 is 0 Å². The summed E-state index contributed by atoms with van der Waals surface area (Å²) in [5.74, 6) is 0.0185. The molecule has 1 rings (SSSR count). The third kappa shape index (κ3) is 2.92. The van der Waals surface area contributed by atoms with E-state index in [0.29, 0.717) is 11.5 Å². The Labute approximate surface area is 103 Å². The third-order valence-electron chi connectivity index (χ3n) is 3.18. The number of nitrogens with one attached hydrogen (secondary N) is 1. The van der Waals surface area contributed by atoms with Gasteiger partial charge in [-0.2, -0.15) is 0 Å². The standard InChI is InChI=1S/C11H21N3OS/c1-14(2)8-4-7-13-10(15)11(9(12)16)5-3-6-11/h3-8H2,1-2H3,(H2,12,16)(H,13,15). The van der Waals surface area contributed by atoms with Crippen LogP contribution in [0.5, 0.6) is 0 Å². The summed E-state index contributed by atoms with van der Waals surface area (Å²) in [5.41, 5.74) is 5.11. The van der Waals surface area contributed by atoms with Crippen molar-refractivity contribution in [3.8, 4) is 0 Å². The molecule has 0 aromatic carbocycles. The Hall–Kier alpha value is -0.680. The highest BCUT2D eigenvalue weighted by molar-refractivity contribution is 7.80. The number of rotatable bonds is 6. The van der Waals surface area contributed by atoms with Crippen molar-refractivity contribution in [2.24, 2.45) is 11.1 Å². The maximum absolute atomic E-state index is 11.9. The van der Waals surface area contributed by atoms with E-state index < -0.39 is 5.41 Å². The molecule has 1 aliphatic rings. The van der Waals surface area contributed by atoms with E-state index in [0.717, 1.165) is 32.2 Å². The topological polar surface area (TPSA) is 58.4 Å². The molecule has 1 saturated carbocycles. The van der Waals surface area contributed by atoms with Gasteiger partial charge in [-0.25, -0.2) is 0 Å². The molecule has 0 bridgehead atoms. The molecular formula is C11H21N3OS. The first-order valence-electron chi connectivity index (χ1n) is 5.72. The van der Waals surface area contributed by atoms with Gasteiger partial charge in [0, 0.05) is 6.54 Å². The van der Waals surface area contributed by atoms with Gasteiger partial charge in [0.1, 0.15) is 0 Å². The molecule has 1 aliphatic carbocycles. The Morgan fingerprint density at radius 2 is 2.12 bits per heavy atom. The molecule has 4 nitrogen and oxygen atoms in total. The fourth-order valence-electron chi connectivity index (χ4n) is 1.88. The molecule has 0 unspecified atom stereocenters. The van der Waals surface area contributed by atoms with Crippen molar-refractivity contribution >= 4 is 23.1 Å². The van der Waals surface area contributed by atoms with Crippen LogP contribution >= 0.6 is 12.2 Å². The van der Waals surface area contributed by atoms with Crippen LogP contribution in [-0.2, 0) is 4.79 Å². The molecule has 16 heavy (non-hydrogen) atoms. The van der Waals surface area contributed by atoms with Crippen molar-refractivity contribution < 1.29 is 4.79 Å². The summed E-state index contributed by atoms with van der Waals surface area (Å²) in [6.45, 7) is 1.67. The highest BCUT2D eigenvalue weighted by atomic mass is 32.1. The quantitative estimate of drug-likeness (QED) is 0.527. The minimum Gasteiger partial charge on any atom is -0.392 e. The van der Waals surface area contributed by atoms with Gasteiger partial charge in [0.2, 0.25) is 5.91 Å². The van der Waals surface area contributed by atoms with E-state index in [1.807, 2.05) is 14.1 Å². The predicted molar refractivity (Wildman–Crippen MR) is 69.3 cm³/mol. The summed E-state index contributed by atoms with van der Waals surface area (Å²) in [6.07, 6.45) is 3.61. The number of nitrogens with zero attached hydrogens (tertiary/aromatic N) is 1. The second-order valence-corrected chi connectivity index (χ2v) is 5.15. The molecule has 1 amide bonds. The predicted octanol–water partition coefficient (Wildman–Crippen LogP) is 0.511. The zero-order valence-electron chi connectivity index (χ0n) is 10.1. The van der Waals surface area contributed by atoms with E-state index in [1.165, 1.54) is 0 Å². The van der Waals surface area contributed by atoms with Crippen LogP contribution in [0.1, 0.15) is 25.7 Å². The van der Waals surface area contributed by atoms with Crippen LogP contribution in [-0.4, -0.2) is 43.0 Å². The van der Waals surface area contributed by atoms with E-state index in [2.05, 4.69) is 10.2 Å². The third-order valence-corrected chi connectivity index (χ3v) is 3.57. The minimum atomic E-state index is -0.534. The molecule has 1 fully saturated rings. The van der Waals surface area contributed by atoms with Gasteiger partial charge in [0.15, 0.2) is 0 Å². The van der Waals surface area contributed by atoms with Gasteiger partial charge < -0.3 is 16.0 Å². The molecule has 0 saturated heterocycles. The molecule has 0 aliphatic heterocycles. The molecule has 0 aromatic heterocycles. The van der Waals surface area contributed by atoms with Crippen LogP contribution in [0.3, 0.4) is 0 Å². The van der Waals surface area contributed by atoms with E-state index in [9.17, 15) is 4.79 Å². The first kappa shape index (κ1) is 13.4. The van der Waals surface area contributed by atoms with Crippen LogP contribution < -0.4 is 11.1 Å². The Balaban J connectivity index is 2.31. The lowest BCUT2D eigenvalue weighted by molar-refractivity contribution is -0.130. The molecular weight excluding hydrogens is 222 g/mol. The van der Waals surface area contributed by atoms with Crippen LogP contribution in [0, 0.1) is 5.41 Å².